The topological polar surface area (TPSA) is 80.2 Å². The summed E-state index contributed by atoms with van der Waals surface area (Å²) in [6.45, 7) is 5.85. The molecule has 1 unspecified atom stereocenters. The van der Waals surface area contributed by atoms with Crippen LogP contribution in [0.25, 0.3) is 0 Å². The average Bonchev–Trinajstić information content (AvgIpc) is 3.16. The SMILES string of the molecule is CCC(=O)Nc1ccc(C2=NN(C(=O)CC)C(C)Cc3cc4c(cc32)OCO4)cc1. The van der Waals surface area contributed by atoms with Crippen LogP contribution in [0.2, 0.25) is 0 Å². The van der Waals surface area contributed by atoms with E-state index in [1.165, 1.54) is 0 Å². The van der Waals surface area contributed by atoms with E-state index in [0.717, 1.165) is 22.4 Å². The summed E-state index contributed by atoms with van der Waals surface area (Å²) in [4.78, 5) is 24.3. The van der Waals surface area contributed by atoms with E-state index in [2.05, 4.69) is 5.32 Å². The Hall–Kier alpha value is -3.35. The van der Waals surface area contributed by atoms with Gasteiger partial charge in [-0.25, -0.2) is 5.01 Å². The third-order valence-electron chi connectivity index (χ3n) is 5.32. The molecule has 0 saturated heterocycles. The van der Waals surface area contributed by atoms with Gasteiger partial charge in [0.05, 0.1) is 11.8 Å². The third-order valence-corrected chi connectivity index (χ3v) is 5.32. The first-order valence-corrected chi connectivity index (χ1v) is 10.2. The third kappa shape index (κ3) is 3.75. The van der Waals surface area contributed by atoms with Gasteiger partial charge < -0.3 is 14.8 Å². The molecule has 156 valence electrons. The van der Waals surface area contributed by atoms with Gasteiger partial charge in [-0.15, -0.1) is 0 Å². The normalized spacial score (nSPS) is 17.1. The van der Waals surface area contributed by atoms with Crippen molar-refractivity contribution in [3.05, 3.63) is 53.1 Å². The van der Waals surface area contributed by atoms with Crippen LogP contribution in [-0.2, 0) is 16.0 Å². The van der Waals surface area contributed by atoms with Gasteiger partial charge >= 0.3 is 0 Å². The number of benzene rings is 2. The smallest absolute Gasteiger partial charge is 0.242 e. The van der Waals surface area contributed by atoms with Crippen molar-refractivity contribution in [3.8, 4) is 11.5 Å². The number of hydrogen-bond acceptors (Lipinski definition) is 5. The molecule has 2 aromatic rings. The molecule has 2 aromatic carbocycles. The van der Waals surface area contributed by atoms with Crippen molar-refractivity contribution < 1.29 is 19.1 Å². The van der Waals surface area contributed by atoms with E-state index >= 15 is 0 Å². The molecular weight excluding hydrogens is 382 g/mol. The van der Waals surface area contributed by atoms with Gasteiger partial charge in [0.15, 0.2) is 11.5 Å². The van der Waals surface area contributed by atoms with Crippen LogP contribution >= 0.6 is 0 Å². The van der Waals surface area contributed by atoms with E-state index in [-0.39, 0.29) is 24.6 Å². The lowest BCUT2D eigenvalue weighted by atomic mass is 9.94. The number of rotatable bonds is 4. The van der Waals surface area contributed by atoms with Crippen LogP contribution in [0.15, 0.2) is 41.5 Å². The summed E-state index contributed by atoms with van der Waals surface area (Å²) in [5.74, 6) is 1.32. The van der Waals surface area contributed by atoms with Gasteiger partial charge in [0.2, 0.25) is 18.6 Å². The summed E-state index contributed by atoms with van der Waals surface area (Å²) in [5, 5.41) is 9.22. The molecule has 0 spiro atoms. The largest absolute Gasteiger partial charge is 0.454 e. The Morgan fingerprint density at radius 3 is 2.47 bits per heavy atom. The molecule has 0 radical (unpaired) electrons. The van der Waals surface area contributed by atoms with Crippen molar-refractivity contribution in [1.29, 1.82) is 0 Å². The maximum atomic E-state index is 12.6. The Labute approximate surface area is 175 Å². The monoisotopic (exact) mass is 407 g/mol. The average molecular weight is 407 g/mol. The second kappa shape index (κ2) is 8.18. The highest BCUT2D eigenvalue weighted by Gasteiger charge is 2.29. The first-order valence-electron chi connectivity index (χ1n) is 10.2. The molecule has 2 aliphatic heterocycles. The van der Waals surface area contributed by atoms with Crippen LogP contribution in [0.5, 0.6) is 11.5 Å². The minimum atomic E-state index is -0.0859. The van der Waals surface area contributed by atoms with Crippen LogP contribution < -0.4 is 14.8 Å². The Balaban J connectivity index is 1.80. The van der Waals surface area contributed by atoms with Crippen LogP contribution in [0.4, 0.5) is 5.69 Å². The second-order valence-electron chi connectivity index (χ2n) is 7.44. The highest BCUT2D eigenvalue weighted by Crippen LogP contribution is 2.37. The molecule has 4 rings (SSSR count). The number of hydrazone groups is 1. The van der Waals surface area contributed by atoms with Crippen molar-refractivity contribution >= 4 is 23.2 Å². The number of anilines is 1. The molecule has 0 fully saturated rings. The highest BCUT2D eigenvalue weighted by molar-refractivity contribution is 6.14. The summed E-state index contributed by atoms with van der Waals surface area (Å²) >= 11 is 0. The molecule has 7 nitrogen and oxygen atoms in total. The Kier molecular flexibility index (Phi) is 5.44. The molecule has 2 aliphatic rings. The minimum absolute atomic E-state index is 0.0281. The number of amides is 2. The molecule has 0 aliphatic carbocycles. The van der Waals surface area contributed by atoms with E-state index < -0.39 is 0 Å². The van der Waals surface area contributed by atoms with Crippen molar-refractivity contribution in [2.24, 2.45) is 5.10 Å². The number of fused-ring (bicyclic) bond motifs is 2. The molecule has 0 saturated carbocycles. The Morgan fingerprint density at radius 1 is 1.10 bits per heavy atom. The van der Waals surface area contributed by atoms with Gasteiger partial charge in [-0.05, 0) is 43.2 Å². The van der Waals surface area contributed by atoms with E-state index in [9.17, 15) is 9.59 Å². The van der Waals surface area contributed by atoms with E-state index in [4.69, 9.17) is 14.6 Å². The molecule has 1 N–H and O–H groups in total. The number of hydrogen-bond donors (Lipinski definition) is 1. The second-order valence-corrected chi connectivity index (χ2v) is 7.44. The zero-order chi connectivity index (χ0) is 21.3. The van der Waals surface area contributed by atoms with Crippen molar-refractivity contribution in [2.75, 3.05) is 12.1 Å². The minimum Gasteiger partial charge on any atom is -0.454 e. The number of ether oxygens (including phenoxy) is 2. The predicted molar refractivity (Wildman–Crippen MR) is 114 cm³/mol. The summed E-state index contributed by atoms with van der Waals surface area (Å²) in [6, 6.07) is 11.3. The van der Waals surface area contributed by atoms with Gasteiger partial charge in [-0.3, -0.25) is 9.59 Å². The molecule has 0 bridgehead atoms. The van der Waals surface area contributed by atoms with E-state index in [1.807, 2.05) is 57.2 Å². The zero-order valence-electron chi connectivity index (χ0n) is 17.4. The number of carbonyl (C=O) groups is 2. The maximum Gasteiger partial charge on any atom is 0.242 e. The quantitative estimate of drug-likeness (QED) is 0.838. The predicted octanol–water partition coefficient (Wildman–Crippen LogP) is 3.70. The molecule has 2 amide bonds. The summed E-state index contributed by atoms with van der Waals surface area (Å²) in [6.07, 6.45) is 1.46. The van der Waals surface area contributed by atoms with Gasteiger partial charge in [0.1, 0.15) is 0 Å². The molecule has 30 heavy (non-hydrogen) atoms. The lowest BCUT2D eigenvalue weighted by molar-refractivity contribution is -0.132. The van der Waals surface area contributed by atoms with Crippen molar-refractivity contribution in [3.63, 3.8) is 0 Å². The molecular formula is C23H25N3O4. The van der Waals surface area contributed by atoms with Gasteiger partial charge in [0.25, 0.3) is 0 Å². The van der Waals surface area contributed by atoms with Crippen LogP contribution in [-0.4, -0.2) is 35.4 Å². The molecule has 2 heterocycles. The highest BCUT2D eigenvalue weighted by atomic mass is 16.7. The lowest BCUT2D eigenvalue weighted by Gasteiger charge is -2.22. The summed E-state index contributed by atoms with van der Waals surface area (Å²) in [7, 11) is 0. The molecule has 1 atom stereocenters. The number of carbonyl (C=O) groups excluding carboxylic acids is 2. The van der Waals surface area contributed by atoms with E-state index in [1.54, 1.807) is 5.01 Å². The van der Waals surface area contributed by atoms with Gasteiger partial charge in [0, 0.05) is 29.7 Å². The van der Waals surface area contributed by atoms with Crippen LogP contribution in [0.1, 0.15) is 50.3 Å². The first kappa shape index (κ1) is 19.9. The van der Waals surface area contributed by atoms with Crippen molar-refractivity contribution in [1.82, 2.24) is 5.01 Å². The standard InChI is InChI=1S/C23H25N3O4/c1-4-21(27)24-17-8-6-15(7-9-17)23-18-12-20-19(29-13-30-20)11-16(18)10-14(3)26(25-23)22(28)5-2/h6-9,11-12,14H,4-5,10,13H2,1-3H3,(H,24,27). The Bertz CT molecular complexity index is 1010. The Morgan fingerprint density at radius 2 is 1.80 bits per heavy atom. The zero-order valence-corrected chi connectivity index (χ0v) is 17.4. The van der Waals surface area contributed by atoms with E-state index in [0.29, 0.717) is 36.5 Å². The molecule has 7 heteroatoms. The lowest BCUT2D eigenvalue weighted by Crippen LogP contribution is -2.34. The fourth-order valence-corrected chi connectivity index (χ4v) is 3.68. The maximum absolute atomic E-state index is 12.6. The fraction of sp³-hybridized carbons (Fsp3) is 0.348. The molecule has 0 aromatic heterocycles. The van der Waals surface area contributed by atoms with Gasteiger partial charge in [-0.1, -0.05) is 26.0 Å². The van der Waals surface area contributed by atoms with Crippen LogP contribution in [0.3, 0.4) is 0 Å². The number of nitrogens with one attached hydrogen (secondary N) is 1. The van der Waals surface area contributed by atoms with Crippen molar-refractivity contribution in [2.45, 2.75) is 46.1 Å². The summed E-state index contributed by atoms with van der Waals surface area (Å²) < 4.78 is 11.1. The van der Waals surface area contributed by atoms with Crippen LogP contribution in [0, 0.1) is 0 Å². The number of nitrogens with zero attached hydrogens (tertiary/aromatic N) is 2. The first-order chi connectivity index (χ1) is 14.5. The fourth-order valence-electron chi connectivity index (χ4n) is 3.68. The van der Waals surface area contributed by atoms with Gasteiger partial charge in [-0.2, -0.15) is 5.10 Å². The summed E-state index contributed by atoms with van der Waals surface area (Å²) in [5.41, 5.74) is 4.25.